The van der Waals surface area contributed by atoms with E-state index in [1.165, 1.54) is 17.4 Å². The molecule has 1 aromatic carbocycles. The zero-order valence-corrected chi connectivity index (χ0v) is 13.0. The molecule has 0 fully saturated rings. The van der Waals surface area contributed by atoms with E-state index >= 15 is 0 Å². The highest BCUT2D eigenvalue weighted by Crippen LogP contribution is 2.19. The van der Waals surface area contributed by atoms with Gasteiger partial charge in [0.2, 0.25) is 0 Å². The van der Waals surface area contributed by atoms with Crippen molar-refractivity contribution in [2.45, 2.75) is 26.3 Å². The lowest BCUT2D eigenvalue weighted by atomic mass is 10.2. The molecule has 21 heavy (non-hydrogen) atoms. The van der Waals surface area contributed by atoms with Crippen LogP contribution >= 0.6 is 0 Å². The van der Waals surface area contributed by atoms with Crippen LogP contribution in [0, 0.1) is 17.7 Å². The number of nitrogens with one attached hydrogen (secondary N) is 1. The third-order valence-electron chi connectivity index (χ3n) is 2.79. The van der Waals surface area contributed by atoms with Crippen LogP contribution in [0.5, 0.6) is 0 Å². The topological polar surface area (TPSA) is 69.6 Å². The summed E-state index contributed by atoms with van der Waals surface area (Å²) in [6.45, 7) is 3.37. The van der Waals surface area contributed by atoms with Crippen molar-refractivity contribution in [1.29, 1.82) is 0 Å². The lowest BCUT2D eigenvalue weighted by Crippen LogP contribution is -2.37. The standard InChI is InChI=1S/C14H19FN2O3S/c1-11(2)17(3)21(19,20)16-14-8-7-13(15)10-12(14)6-4-5-9-18/h7-8,10-11,16,18H,5,9H2,1-3H3. The van der Waals surface area contributed by atoms with Crippen LogP contribution in [0.15, 0.2) is 18.2 Å². The van der Waals surface area contributed by atoms with E-state index in [4.69, 9.17) is 5.11 Å². The Bertz CT molecular complexity index is 648. The van der Waals surface area contributed by atoms with Gasteiger partial charge in [-0.15, -0.1) is 0 Å². The van der Waals surface area contributed by atoms with Gasteiger partial charge in [0.05, 0.1) is 17.9 Å². The predicted octanol–water partition coefficient (Wildman–Crippen LogP) is 1.56. The van der Waals surface area contributed by atoms with Crippen molar-refractivity contribution in [3.8, 4) is 11.8 Å². The molecule has 0 atom stereocenters. The maximum atomic E-state index is 13.3. The fourth-order valence-corrected chi connectivity index (χ4v) is 2.57. The van der Waals surface area contributed by atoms with Gasteiger partial charge in [-0.25, -0.2) is 4.39 Å². The Labute approximate surface area is 125 Å². The van der Waals surface area contributed by atoms with E-state index in [1.807, 2.05) is 0 Å². The third kappa shape index (κ3) is 5.01. The Morgan fingerprint density at radius 2 is 2.10 bits per heavy atom. The monoisotopic (exact) mass is 314 g/mol. The molecule has 2 N–H and O–H groups in total. The van der Waals surface area contributed by atoms with Gasteiger partial charge in [0, 0.05) is 19.5 Å². The molecule has 0 saturated carbocycles. The highest BCUT2D eigenvalue weighted by molar-refractivity contribution is 7.90. The van der Waals surface area contributed by atoms with Crippen molar-refractivity contribution in [1.82, 2.24) is 4.31 Å². The molecule has 0 spiro atoms. The number of aliphatic hydroxyl groups is 1. The van der Waals surface area contributed by atoms with Gasteiger partial charge in [0.25, 0.3) is 0 Å². The Hall–Kier alpha value is -1.62. The Morgan fingerprint density at radius 3 is 2.67 bits per heavy atom. The molecule has 1 rings (SSSR count). The van der Waals surface area contributed by atoms with E-state index in [-0.39, 0.29) is 30.3 Å². The largest absolute Gasteiger partial charge is 0.395 e. The van der Waals surface area contributed by atoms with Crippen LogP contribution in [-0.4, -0.2) is 37.5 Å². The lowest BCUT2D eigenvalue weighted by molar-refractivity contribution is 0.305. The number of halogens is 1. The number of hydrogen-bond donors (Lipinski definition) is 2. The quantitative estimate of drug-likeness (QED) is 0.810. The second-order valence-corrected chi connectivity index (χ2v) is 6.41. The summed E-state index contributed by atoms with van der Waals surface area (Å²) in [7, 11) is -2.28. The smallest absolute Gasteiger partial charge is 0.301 e. The summed E-state index contributed by atoms with van der Waals surface area (Å²) < 4.78 is 41.1. The van der Waals surface area contributed by atoms with Crippen molar-refractivity contribution in [3.63, 3.8) is 0 Å². The normalized spacial score (nSPS) is 11.4. The van der Waals surface area contributed by atoms with Crippen LogP contribution in [0.25, 0.3) is 0 Å². The molecule has 7 heteroatoms. The van der Waals surface area contributed by atoms with E-state index in [1.54, 1.807) is 13.8 Å². The zero-order chi connectivity index (χ0) is 16.0. The first-order chi connectivity index (χ1) is 9.77. The first-order valence-corrected chi connectivity index (χ1v) is 7.87. The zero-order valence-electron chi connectivity index (χ0n) is 12.2. The second kappa shape index (κ2) is 7.41. The van der Waals surface area contributed by atoms with E-state index in [0.29, 0.717) is 0 Å². The molecule has 0 radical (unpaired) electrons. The molecule has 0 unspecified atom stereocenters. The molecule has 0 aliphatic heterocycles. The molecule has 0 amide bonds. The maximum Gasteiger partial charge on any atom is 0.301 e. The molecular formula is C14H19FN2O3S. The minimum Gasteiger partial charge on any atom is -0.395 e. The first kappa shape index (κ1) is 17.4. The number of rotatable bonds is 5. The van der Waals surface area contributed by atoms with Crippen LogP contribution < -0.4 is 4.72 Å². The number of nitrogens with zero attached hydrogens (tertiary/aromatic N) is 1. The van der Waals surface area contributed by atoms with E-state index in [2.05, 4.69) is 16.6 Å². The van der Waals surface area contributed by atoms with Crippen LogP contribution in [0.2, 0.25) is 0 Å². The summed E-state index contributed by atoms with van der Waals surface area (Å²) in [5.74, 6) is 4.78. The van der Waals surface area contributed by atoms with E-state index < -0.39 is 16.0 Å². The van der Waals surface area contributed by atoms with Gasteiger partial charge >= 0.3 is 10.2 Å². The summed E-state index contributed by atoms with van der Waals surface area (Å²) in [5.41, 5.74) is 0.429. The van der Waals surface area contributed by atoms with Gasteiger partial charge < -0.3 is 5.11 Å². The Kier molecular flexibility index (Phi) is 6.15. The van der Waals surface area contributed by atoms with Crippen molar-refractivity contribution >= 4 is 15.9 Å². The van der Waals surface area contributed by atoms with Crippen LogP contribution in [-0.2, 0) is 10.2 Å². The molecule has 1 aromatic rings. The van der Waals surface area contributed by atoms with Crippen LogP contribution in [0.1, 0.15) is 25.8 Å². The predicted molar refractivity (Wildman–Crippen MR) is 80.4 cm³/mol. The van der Waals surface area contributed by atoms with Crippen molar-refractivity contribution < 1.29 is 17.9 Å². The highest BCUT2D eigenvalue weighted by Gasteiger charge is 2.21. The third-order valence-corrected chi connectivity index (χ3v) is 4.44. The summed E-state index contributed by atoms with van der Waals surface area (Å²) in [4.78, 5) is 0. The number of aliphatic hydroxyl groups excluding tert-OH is 1. The lowest BCUT2D eigenvalue weighted by Gasteiger charge is -2.22. The average Bonchev–Trinajstić information content (AvgIpc) is 2.40. The summed E-state index contributed by atoms with van der Waals surface area (Å²) >= 11 is 0. The molecule has 0 bridgehead atoms. The fourth-order valence-electron chi connectivity index (χ4n) is 1.41. The van der Waals surface area contributed by atoms with Crippen molar-refractivity contribution in [2.24, 2.45) is 0 Å². The summed E-state index contributed by atoms with van der Waals surface area (Å²) in [6, 6.07) is 3.42. The molecule has 0 aliphatic carbocycles. The van der Waals surface area contributed by atoms with Gasteiger partial charge in [0.15, 0.2) is 0 Å². The van der Waals surface area contributed by atoms with E-state index in [0.717, 1.165) is 12.1 Å². The molecule has 0 aromatic heterocycles. The highest BCUT2D eigenvalue weighted by atomic mass is 32.2. The van der Waals surface area contributed by atoms with Gasteiger partial charge in [-0.2, -0.15) is 12.7 Å². The van der Waals surface area contributed by atoms with E-state index in [9.17, 15) is 12.8 Å². The van der Waals surface area contributed by atoms with Crippen molar-refractivity contribution in [3.05, 3.63) is 29.6 Å². The molecule has 116 valence electrons. The number of benzene rings is 1. The fraction of sp³-hybridized carbons (Fsp3) is 0.429. The molecule has 0 aliphatic rings. The minimum atomic E-state index is -3.73. The van der Waals surface area contributed by atoms with Crippen LogP contribution in [0.4, 0.5) is 10.1 Å². The summed E-state index contributed by atoms with van der Waals surface area (Å²) in [6.07, 6.45) is 0.231. The second-order valence-electron chi connectivity index (χ2n) is 4.68. The molecule has 0 heterocycles. The SMILES string of the molecule is CC(C)N(C)S(=O)(=O)Nc1ccc(F)cc1C#CCCO. The Morgan fingerprint density at radius 1 is 1.43 bits per heavy atom. The Balaban J connectivity index is 3.12. The van der Waals surface area contributed by atoms with Crippen molar-refractivity contribution in [2.75, 3.05) is 18.4 Å². The maximum absolute atomic E-state index is 13.3. The average molecular weight is 314 g/mol. The number of hydrogen-bond acceptors (Lipinski definition) is 3. The van der Waals surface area contributed by atoms with Gasteiger partial charge in [0.1, 0.15) is 5.82 Å². The molecule has 0 saturated heterocycles. The van der Waals surface area contributed by atoms with Crippen LogP contribution in [0.3, 0.4) is 0 Å². The first-order valence-electron chi connectivity index (χ1n) is 6.43. The summed E-state index contributed by atoms with van der Waals surface area (Å²) in [5, 5.41) is 8.69. The minimum absolute atomic E-state index is 0.112. The molecular weight excluding hydrogens is 295 g/mol. The van der Waals surface area contributed by atoms with Gasteiger partial charge in [-0.3, -0.25) is 4.72 Å². The molecule has 5 nitrogen and oxygen atoms in total. The van der Waals surface area contributed by atoms with Gasteiger partial charge in [-0.1, -0.05) is 11.8 Å². The van der Waals surface area contributed by atoms with Gasteiger partial charge in [-0.05, 0) is 32.0 Å². The number of anilines is 1.